The Labute approximate surface area is 163 Å². The number of hydrogen-bond donors (Lipinski definition) is 0. The fraction of sp³-hybridized carbons (Fsp3) is 0.429. The maximum Gasteiger partial charge on any atom is 0.341 e. The fourth-order valence-electron chi connectivity index (χ4n) is 3.98. The Morgan fingerprint density at radius 2 is 1.96 bits per heavy atom. The number of urea groups is 1. The molecule has 7 heteroatoms. The van der Waals surface area contributed by atoms with Crippen LogP contribution in [0.3, 0.4) is 0 Å². The number of nitrogens with zero attached hydrogens (tertiary/aromatic N) is 3. The number of halogens is 2. The van der Waals surface area contributed by atoms with E-state index in [0.717, 1.165) is 11.8 Å². The SMILES string of the molecule is CC1C(F)=CC(F)=CC1[C@@H]1CC=NN1C(=O)N1C[C@H](Oc2ccccc2)[C@@H]1C. The van der Waals surface area contributed by atoms with Gasteiger partial charge in [0.2, 0.25) is 0 Å². The molecule has 5 nitrogen and oxygen atoms in total. The van der Waals surface area contributed by atoms with Crippen LogP contribution in [-0.2, 0) is 0 Å². The van der Waals surface area contributed by atoms with Gasteiger partial charge in [-0.1, -0.05) is 25.1 Å². The highest BCUT2D eigenvalue weighted by Crippen LogP contribution is 2.37. The van der Waals surface area contributed by atoms with Crippen LogP contribution in [0.4, 0.5) is 13.6 Å². The van der Waals surface area contributed by atoms with Gasteiger partial charge in [-0.2, -0.15) is 5.10 Å². The molecule has 1 fully saturated rings. The molecule has 1 saturated heterocycles. The van der Waals surface area contributed by atoms with Crippen LogP contribution in [-0.4, -0.2) is 46.9 Å². The van der Waals surface area contributed by atoms with Gasteiger partial charge in [0, 0.05) is 30.5 Å². The summed E-state index contributed by atoms with van der Waals surface area (Å²) in [5.41, 5.74) is 0. The standard InChI is InChI=1S/C21H23F2N3O2/c1-13-17(10-15(22)11-18(13)23)19-8-9-24-26(19)21(27)25-12-20(14(25)2)28-16-6-4-3-5-7-16/h3-7,9-11,13-14,17,19-20H,8,12H2,1-2H3/t13?,14-,17?,19-,20-/m0/s1. The number of likely N-dealkylation sites (tertiary alicyclic amines) is 1. The maximum atomic E-state index is 14.0. The van der Waals surface area contributed by atoms with Crippen molar-refractivity contribution in [3.8, 4) is 5.75 Å². The maximum absolute atomic E-state index is 14.0. The van der Waals surface area contributed by atoms with E-state index in [-0.39, 0.29) is 18.2 Å². The van der Waals surface area contributed by atoms with Gasteiger partial charge in [0.25, 0.3) is 0 Å². The molecule has 3 aliphatic rings. The molecule has 2 unspecified atom stereocenters. The van der Waals surface area contributed by atoms with Crippen molar-refractivity contribution >= 4 is 12.2 Å². The molecule has 28 heavy (non-hydrogen) atoms. The molecule has 1 aliphatic carbocycles. The molecular formula is C21H23F2N3O2. The molecule has 0 bridgehead atoms. The molecule has 148 valence electrons. The fourth-order valence-corrected chi connectivity index (χ4v) is 3.98. The smallest absolute Gasteiger partial charge is 0.341 e. The first kappa shape index (κ1) is 18.7. The lowest BCUT2D eigenvalue weighted by Gasteiger charge is -2.47. The Balaban J connectivity index is 1.42. The summed E-state index contributed by atoms with van der Waals surface area (Å²) in [6, 6.07) is 8.71. The number of amides is 2. The molecule has 0 saturated carbocycles. The highest BCUT2D eigenvalue weighted by molar-refractivity contribution is 5.79. The third kappa shape index (κ3) is 3.30. The van der Waals surface area contributed by atoms with Crippen molar-refractivity contribution in [3.05, 3.63) is 54.1 Å². The van der Waals surface area contributed by atoms with Crippen molar-refractivity contribution in [2.24, 2.45) is 16.9 Å². The zero-order chi connectivity index (χ0) is 19.8. The van der Waals surface area contributed by atoms with Gasteiger partial charge < -0.3 is 9.64 Å². The molecule has 2 aliphatic heterocycles. The van der Waals surface area contributed by atoms with Crippen molar-refractivity contribution in [1.82, 2.24) is 9.91 Å². The van der Waals surface area contributed by atoms with E-state index in [2.05, 4.69) is 5.10 Å². The molecule has 2 heterocycles. The van der Waals surface area contributed by atoms with Crippen molar-refractivity contribution in [3.63, 3.8) is 0 Å². The Kier molecular flexibility index (Phi) is 4.91. The first-order chi connectivity index (χ1) is 13.5. The van der Waals surface area contributed by atoms with Gasteiger partial charge in [0.1, 0.15) is 23.5 Å². The number of carbonyl (C=O) groups is 1. The van der Waals surface area contributed by atoms with E-state index in [0.29, 0.717) is 13.0 Å². The van der Waals surface area contributed by atoms with Crippen LogP contribution in [0, 0.1) is 11.8 Å². The van der Waals surface area contributed by atoms with Crippen LogP contribution >= 0.6 is 0 Å². The minimum absolute atomic E-state index is 0.0947. The summed E-state index contributed by atoms with van der Waals surface area (Å²) >= 11 is 0. The molecule has 4 rings (SSSR count). The first-order valence-corrected chi connectivity index (χ1v) is 9.54. The Morgan fingerprint density at radius 1 is 1.21 bits per heavy atom. The number of allylic oxidation sites excluding steroid dienone is 3. The van der Waals surface area contributed by atoms with Crippen LogP contribution < -0.4 is 4.74 Å². The first-order valence-electron chi connectivity index (χ1n) is 9.54. The second kappa shape index (κ2) is 7.37. The lowest BCUT2D eigenvalue weighted by molar-refractivity contribution is -0.0216. The van der Waals surface area contributed by atoms with Gasteiger partial charge >= 0.3 is 6.03 Å². The highest BCUT2D eigenvalue weighted by atomic mass is 19.1. The number of para-hydroxylation sites is 1. The predicted octanol–water partition coefficient (Wildman–Crippen LogP) is 4.29. The van der Waals surface area contributed by atoms with Gasteiger partial charge in [-0.05, 0) is 25.1 Å². The summed E-state index contributed by atoms with van der Waals surface area (Å²) in [6.07, 6.45) is 4.33. The van der Waals surface area contributed by atoms with Gasteiger partial charge in [-0.3, -0.25) is 0 Å². The van der Waals surface area contributed by atoms with Crippen LogP contribution in [0.5, 0.6) is 5.75 Å². The quantitative estimate of drug-likeness (QED) is 0.777. The van der Waals surface area contributed by atoms with E-state index in [1.807, 2.05) is 37.3 Å². The molecule has 0 aromatic heterocycles. The summed E-state index contributed by atoms with van der Waals surface area (Å²) in [7, 11) is 0. The van der Waals surface area contributed by atoms with Crippen molar-refractivity contribution in [2.75, 3.05) is 6.54 Å². The summed E-state index contributed by atoms with van der Waals surface area (Å²) in [4.78, 5) is 14.7. The molecular weight excluding hydrogens is 364 g/mol. The van der Waals surface area contributed by atoms with E-state index in [1.165, 1.54) is 11.1 Å². The normalized spacial score (nSPS) is 31.9. The zero-order valence-corrected chi connectivity index (χ0v) is 15.8. The van der Waals surface area contributed by atoms with E-state index < -0.39 is 29.5 Å². The molecule has 0 N–H and O–H groups in total. The molecule has 5 atom stereocenters. The predicted molar refractivity (Wildman–Crippen MR) is 102 cm³/mol. The lowest BCUT2D eigenvalue weighted by Crippen LogP contribution is -2.65. The minimum Gasteiger partial charge on any atom is -0.486 e. The molecule has 2 amide bonds. The third-order valence-corrected chi connectivity index (χ3v) is 5.83. The zero-order valence-electron chi connectivity index (χ0n) is 15.8. The summed E-state index contributed by atoms with van der Waals surface area (Å²) in [5, 5.41) is 5.58. The van der Waals surface area contributed by atoms with Crippen LogP contribution in [0.2, 0.25) is 0 Å². The lowest BCUT2D eigenvalue weighted by atomic mass is 9.82. The number of ether oxygens (including phenoxy) is 1. The Morgan fingerprint density at radius 3 is 2.68 bits per heavy atom. The molecule has 1 aromatic rings. The van der Waals surface area contributed by atoms with Gasteiger partial charge in [-0.25, -0.2) is 18.6 Å². The van der Waals surface area contributed by atoms with Gasteiger partial charge in [-0.15, -0.1) is 0 Å². The molecule has 0 radical (unpaired) electrons. The number of hydrazone groups is 1. The summed E-state index contributed by atoms with van der Waals surface area (Å²) < 4.78 is 33.7. The van der Waals surface area contributed by atoms with Crippen LogP contribution in [0.1, 0.15) is 20.3 Å². The Hall–Kier alpha value is -2.70. The van der Waals surface area contributed by atoms with Gasteiger partial charge in [0.15, 0.2) is 0 Å². The largest absolute Gasteiger partial charge is 0.486 e. The topological polar surface area (TPSA) is 45.1 Å². The van der Waals surface area contributed by atoms with Gasteiger partial charge in [0.05, 0.1) is 18.6 Å². The number of benzene rings is 1. The van der Waals surface area contributed by atoms with Crippen molar-refractivity contribution in [2.45, 2.75) is 38.5 Å². The van der Waals surface area contributed by atoms with Crippen LogP contribution in [0.15, 0.2) is 59.2 Å². The Bertz CT molecular complexity index is 839. The second-order valence-corrected chi connectivity index (χ2v) is 7.54. The average molecular weight is 387 g/mol. The number of rotatable bonds is 3. The van der Waals surface area contributed by atoms with E-state index >= 15 is 0 Å². The highest BCUT2D eigenvalue weighted by Gasteiger charge is 2.46. The monoisotopic (exact) mass is 387 g/mol. The number of carbonyl (C=O) groups excluding carboxylic acids is 1. The summed E-state index contributed by atoms with van der Waals surface area (Å²) in [6.45, 7) is 4.08. The second-order valence-electron chi connectivity index (χ2n) is 7.54. The number of hydrogen-bond acceptors (Lipinski definition) is 3. The minimum atomic E-state index is -0.603. The van der Waals surface area contributed by atoms with Crippen molar-refractivity contribution < 1.29 is 18.3 Å². The molecule has 1 aromatic carbocycles. The third-order valence-electron chi connectivity index (χ3n) is 5.83. The molecule has 0 spiro atoms. The van der Waals surface area contributed by atoms with E-state index in [1.54, 1.807) is 18.0 Å². The van der Waals surface area contributed by atoms with E-state index in [4.69, 9.17) is 4.74 Å². The van der Waals surface area contributed by atoms with Crippen LogP contribution in [0.25, 0.3) is 0 Å². The average Bonchev–Trinajstić information content (AvgIpc) is 3.17. The van der Waals surface area contributed by atoms with Crippen molar-refractivity contribution in [1.29, 1.82) is 0 Å². The summed E-state index contributed by atoms with van der Waals surface area (Å²) in [5.74, 6) is -1.29. The van der Waals surface area contributed by atoms with E-state index in [9.17, 15) is 13.6 Å².